The minimum absolute atomic E-state index is 0.487. The molecule has 3 aliphatic rings. The van der Waals surface area contributed by atoms with Gasteiger partial charge in [-0.3, -0.25) is 0 Å². The predicted molar refractivity (Wildman–Crippen MR) is 86.4 cm³/mol. The van der Waals surface area contributed by atoms with Crippen molar-refractivity contribution in [3.63, 3.8) is 0 Å². The van der Waals surface area contributed by atoms with E-state index in [0.29, 0.717) is 10.8 Å². The van der Waals surface area contributed by atoms with Gasteiger partial charge < -0.3 is 5.32 Å². The first-order valence-corrected chi connectivity index (χ1v) is 9.46. The third kappa shape index (κ3) is 2.46. The van der Waals surface area contributed by atoms with Crippen molar-refractivity contribution in [3.05, 3.63) is 22.4 Å². The van der Waals surface area contributed by atoms with Gasteiger partial charge in [0.1, 0.15) is 0 Å². The Labute approximate surface area is 127 Å². The summed E-state index contributed by atoms with van der Waals surface area (Å²) in [6.45, 7) is 1.24. The Hall–Kier alpha value is -0.340. The molecule has 4 rings (SSSR count). The summed E-state index contributed by atoms with van der Waals surface area (Å²) in [5.74, 6) is 0. The predicted octanol–water partition coefficient (Wildman–Crippen LogP) is 4.87. The van der Waals surface area contributed by atoms with Crippen molar-refractivity contribution in [2.75, 3.05) is 6.54 Å². The van der Waals surface area contributed by atoms with Gasteiger partial charge in [-0.05, 0) is 55.4 Å². The van der Waals surface area contributed by atoms with E-state index in [2.05, 4.69) is 22.8 Å². The Morgan fingerprint density at radius 2 is 1.85 bits per heavy atom. The van der Waals surface area contributed by atoms with Gasteiger partial charge in [-0.25, -0.2) is 0 Å². The molecule has 1 nitrogen and oxygen atoms in total. The quantitative estimate of drug-likeness (QED) is 0.833. The molecule has 0 atom stereocenters. The van der Waals surface area contributed by atoms with Crippen LogP contribution >= 0.6 is 11.3 Å². The first kappa shape index (κ1) is 13.3. The SMILES string of the molecule is c1csc(C2(CNC3CC3)CC3(CCCCCC3)C2)c1. The lowest BCUT2D eigenvalue weighted by molar-refractivity contribution is 0.00809. The summed E-state index contributed by atoms with van der Waals surface area (Å²) in [5, 5.41) is 6.10. The zero-order valence-corrected chi connectivity index (χ0v) is 13.3. The average molecular weight is 289 g/mol. The summed E-state index contributed by atoms with van der Waals surface area (Å²) in [6, 6.07) is 5.48. The van der Waals surface area contributed by atoms with Crippen LogP contribution in [0.25, 0.3) is 0 Å². The van der Waals surface area contributed by atoms with Gasteiger partial charge in [0, 0.05) is 22.9 Å². The van der Waals surface area contributed by atoms with Crippen LogP contribution in [0.2, 0.25) is 0 Å². The van der Waals surface area contributed by atoms with Gasteiger partial charge in [-0.2, -0.15) is 0 Å². The van der Waals surface area contributed by atoms with Gasteiger partial charge in [0.25, 0.3) is 0 Å². The Kier molecular flexibility index (Phi) is 3.42. The molecule has 0 aromatic carbocycles. The van der Waals surface area contributed by atoms with Gasteiger partial charge in [-0.1, -0.05) is 31.7 Å². The molecule has 3 aliphatic carbocycles. The highest BCUT2D eigenvalue weighted by molar-refractivity contribution is 7.10. The highest BCUT2D eigenvalue weighted by Crippen LogP contribution is 2.61. The molecule has 3 saturated carbocycles. The van der Waals surface area contributed by atoms with Crippen LogP contribution in [0, 0.1) is 5.41 Å². The lowest BCUT2D eigenvalue weighted by Crippen LogP contribution is -2.54. The van der Waals surface area contributed by atoms with Crippen LogP contribution in [-0.2, 0) is 5.41 Å². The Balaban J connectivity index is 1.49. The molecule has 1 aromatic heterocycles. The van der Waals surface area contributed by atoms with Crippen LogP contribution in [0.15, 0.2) is 17.5 Å². The summed E-state index contributed by atoms with van der Waals surface area (Å²) < 4.78 is 0. The molecule has 2 heteroatoms. The second-order valence-corrected chi connectivity index (χ2v) is 8.63. The minimum atomic E-state index is 0.487. The van der Waals surface area contributed by atoms with E-state index in [1.165, 1.54) is 70.8 Å². The summed E-state index contributed by atoms with van der Waals surface area (Å²) in [4.78, 5) is 1.65. The lowest BCUT2D eigenvalue weighted by Gasteiger charge is -2.57. The van der Waals surface area contributed by atoms with Crippen molar-refractivity contribution >= 4 is 11.3 Å². The third-order valence-electron chi connectivity index (χ3n) is 5.94. The van der Waals surface area contributed by atoms with Crippen molar-refractivity contribution in [2.45, 2.75) is 75.7 Å². The fraction of sp³-hybridized carbons (Fsp3) is 0.778. The van der Waals surface area contributed by atoms with Crippen LogP contribution < -0.4 is 5.32 Å². The van der Waals surface area contributed by atoms with E-state index in [-0.39, 0.29) is 0 Å². The molecule has 0 saturated heterocycles. The van der Waals surface area contributed by atoms with Gasteiger partial charge in [0.15, 0.2) is 0 Å². The van der Waals surface area contributed by atoms with Crippen LogP contribution in [-0.4, -0.2) is 12.6 Å². The molecule has 0 aliphatic heterocycles. The molecule has 0 bridgehead atoms. The fourth-order valence-corrected chi connectivity index (χ4v) is 5.74. The van der Waals surface area contributed by atoms with Gasteiger partial charge in [-0.15, -0.1) is 11.3 Å². The van der Waals surface area contributed by atoms with E-state index in [9.17, 15) is 0 Å². The summed E-state index contributed by atoms with van der Waals surface area (Å²) >= 11 is 1.99. The Morgan fingerprint density at radius 1 is 1.10 bits per heavy atom. The zero-order chi connectivity index (χ0) is 13.5. The number of hydrogen-bond acceptors (Lipinski definition) is 2. The second kappa shape index (κ2) is 5.14. The topological polar surface area (TPSA) is 12.0 Å². The first-order chi connectivity index (χ1) is 9.80. The number of thiophene rings is 1. The molecular weight excluding hydrogens is 262 g/mol. The monoisotopic (exact) mass is 289 g/mol. The summed E-state index contributed by atoms with van der Waals surface area (Å²) in [7, 11) is 0. The van der Waals surface area contributed by atoms with E-state index >= 15 is 0 Å². The first-order valence-electron chi connectivity index (χ1n) is 8.58. The molecule has 0 radical (unpaired) electrons. The molecule has 1 spiro atoms. The molecule has 20 heavy (non-hydrogen) atoms. The molecule has 1 N–H and O–H groups in total. The van der Waals surface area contributed by atoms with Crippen molar-refractivity contribution < 1.29 is 0 Å². The maximum Gasteiger partial charge on any atom is 0.0182 e. The molecule has 1 heterocycles. The third-order valence-corrected chi connectivity index (χ3v) is 7.06. The van der Waals surface area contributed by atoms with Crippen LogP contribution in [0.3, 0.4) is 0 Å². The van der Waals surface area contributed by atoms with E-state index in [4.69, 9.17) is 0 Å². The second-order valence-electron chi connectivity index (χ2n) is 7.68. The number of hydrogen-bond donors (Lipinski definition) is 1. The summed E-state index contributed by atoms with van der Waals surface area (Å²) in [5.41, 5.74) is 1.20. The maximum atomic E-state index is 3.83. The molecule has 0 amide bonds. The highest BCUT2D eigenvalue weighted by Gasteiger charge is 2.55. The fourth-order valence-electron chi connectivity index (χ4n) is 4.81. The van der Waals surface area contributed by atoms with Gasteiger partial charge in [0.2, 0.25) is 0 Å². The van der Waals surface area contributed by atoms with Crippen LogP contribution in [0.4, 0.5) is 0 Å². The van der Waals surface area contributed by atoms with E-state index in [1.54, 1.807) is 4.88 Å². The highest BCUT2D eigenvalue weighted by atomic mass is 32.1. The molecule has 110 valence electrons. The van der Waals surface area contributed by atoms with Crippen molar-refractivity contribution in [1.29, 1.82) is 0 Å². The van der Waals surface area contributed by atoms with Gasteiger partial charge in [0.05, 0.1) is 0 Å². The lowest BCUT2D eigenvalue weighted by atomic mass is 9.49. The molecular formula is C18H27NS. The van der Waals surface area contributed by atoms with Crippen molar-refractivity contribution in [1.82, 2.24) is 5.32 Å². The van der Waals surface area contributed by atoms with E-state index < -0.39 is 0 Å². The van der Waals surface area contributed by atoms with Gasteiger partial charge >= 0.3 is 0 Å². The number of rotatable bonds is 4. The number of nitrogens with one attached hydrogen (secondary N) is 1. The van der Waals surface area contributed by atoms with E-state index in [0.717, 1.165) is 6.04 Å². The van der Waals surface area contributed by atoms with Crippen LogP contribution in [0.1, 0.15) is 69.1 Å². The Bertz CT molecular complexity index is 430. The van der Waals surface area contributed by atoms with Crippen LogP contribution in [0.5, 0.6) is 0 Å². The normalized spacial score (nSPS) is 28.0. The zero-order valence-electron chi connectivity index (χ0n) is 12.5. The minimum Gasteiger partial charge on any atom is -0.313 e. The largest absolute Gasteiger partial charge is 0.313 e. The van der Waals surface area contributed by atoms with E-state index in [1.807, 2.05) is 11.3 Å². The Morgan fingerprint density at radius 3 is 2.45 bits per heavy atom. The molecule has 1 aromatic rings. The average Bonchev–Trinajstić information content (AvgIpc) is 3.14. The molecule has 0 unspecified atom stereocenters. The molecule has 3 fully saturated rings. The standard InChI is InChI=1S/C18H27NS/c1-2-4-10-17(9-3-1)12-18(13-17,14-19-15-7-8-15)16-6-5-11-20-16/h5-6,11,15,19H,1-4,7-10,12-14H2. The summed E-state index contributed by atoms with van der Waals surface area (Å²) in [6.07, 6.45) is 14.7. The smallest absolute Gasteiger partial charge is 0.0182 e. The van der Waals surface area contributed by atoms with Crippen molar-refractivity contribution in [3.8, 4) is 0 Å². The maximum absolute atomic E-state index is 3.83. The van der Waals surface area contributed by atoms with Crippen molar-refractivity contribution in [2.24, 2.45) is 5.41 Å².